The van der Waals surface area contributed by atoms with Crippen molar-refractivity contribution < 1.29 is 9.53 Å². The van der Waals surface area contributed by atoms with Gasteiger partial charge >= 0.3 is 6.03 Å². The second-order valence-corrected chi connectivity index (χ2v) is 4.33. The number of nitrogens with two attached hydrogens (primary N) is 2. The van der Waals surface area contributed by atoms with Crippen LogP contribution in [0, 0.1) is 5.92 Å². The first-order valence-corrected chi connectivity index (χ1v) is 6.28. The topological polar surface area (TPSA) is 93.6 Å². The van der Waals surface area contributed by atoms with E-state index >= 15 is 0 Å². The van der Waals surface area contributed by atoms with Gasteiger partial charge in [0.1, 0.15) is 0 Å². The number of nitrogens with one attached hydrogen (secondary N) is 1. The zero-order valence-corrected chi connectivity index (χ0v) is 10.4. The number of rotatable bonds is 9. The van der Waals surface area contributed by atoms with E-state index in [-0.39, 0.29) is 6.03 Å². The molecule has 0 spiro atoms. The van der Waals surface area contributed by atoms with Gasteiger partial charge in [-0.05, 0) is 31.8 Å². The van der Waals surface area contributed by atoms with Crippen molar-refractivity contribution in [2.75, 3.05) is 45.9 Å². The summed E-state index contributed by atoms with van der Waals surface area (Å²) in [7, 11) is 0. The van der Waals surface area contributed by atoms with Crippen LogP contribution in [-0.2, 0) is 4.74 Å². The maximum atomic E-state index is 11.2. The Morgan fingerprint density at radius 3 is 2.88 bits per heavy atom. The number of nitrogens with zero attached hydrogens (tertiary/aromatic N) is 1. The van der Waals surface area contributed by atoms with Gasteiger partial charge in [0.15, 0.2) is 0 Å². The number of hydrogen-bond donors (Lipinski definition) is 3. The lowest BCUT2D eigenvalue weighted by Gasteiger charge is -2.17. The third-order valence-electron chi connectivity index (χ3n) is 2.95. The molecule has 1 aliphatic rings. The van der Waals surface area contributed by atoms with Crippen molar-refractivity contribution >= 4 is 6.03 Å². The minimum atomic E-state index is 0.00658. The SMILES string of the molecule is NCCCC(CN)COCCN1CCNC1=O. The zero-order chi connectivity index (χ0) is 12.5. The van der Waals surface area contributed by atoms with Gasteiger partial charge in [0.2, 0.25) is 0 Å². The molecule has 1 heterocycles. The smallest absolute Gasteiger partial charge is 0.317 e. The molecule has 1 fully saturated rings. The van der Waals surface area contributed by atoms with Crippen molar-refractivity contribution in [3.05, 3.63) is 0 Å². The molecule has 17 heavy (non-hydrogen) atoms. The molecule has 1 atom stereocenters. The molecule has 1 rings (SSSR count). The zero-order valence-electron chi connectivity index (χ0n) is 10.4. The van der Waals surface area contributed by atoms with Crippen LogP contribution in [0.25, 0.3) is 0 Å². The molecule has 0 aromatic carbocycles. The highest BCUT2D eigenvalue weighted by atomic mass is 16.5. The summed E-state index contributed by atoms with van der Waals surface area (Å²) in [6.07, 6.45) is 2.00. The second kappa shape index (κ2) is 8.27. The number of ether oxygens (including phenoxy) is 1. The lowest BCUT2D eigenvalue weighted by atomic mass is 10.1. The van der Waals surface area contributed by atoms with Gasteiger partial charge in [-0.1, -0.05) is 0 Å². The molecule has 100 valence electrons. The minimum Gasteiger partial charge on any atom is -0.379 e. The fourth-order valence-electron chi connectivity index (χ4n) is 1.82. The summed E-state index contributed by atoms with van der Waals surface area (Å²) in [5.74, 6) is 0.381. The molecule has 6 heteroatoms. The van der Waals surface area contributed by atoms with Crippen LogP contribution in [-0.4, -0.2) is 56.9 Å². The Bertz CT molecular complexity index is 226. The standard InChI is InChI=1S/C11H24N4O2/c12-3-1-2-10(8-13)9-17-7-6-15-5-4-14-11(15)16/h10H,1-9,12-13H2,(H,14,16). The van der Waals surface area contributed by atoms with E-state index in [4.69, 9.17) is 16.2 Å². The Labute approximate surface area is 103 Å². The summed E-state index contributed by atoms with van der Waals surface area (Å²) in [4.78, 5) is 13.0. The van der Waals surface area contributed by atoms with Crippen LogP contribution in [0.4, 0.5) is 4.79 Å². The number of carbonyl (C=O) groups excluding carboxylic acids is 1. The first kappa shape index (κ1) is 14.2. The summed E-state index contributed by atoms with van der Waals surface area (Å²) >= 11 is 0. The van der Waals surface area contributed by atoms with E-state index < -0.39 is 0 Å². The van der Waals surface area contributed by atoms with E-state index in [0.717, 1.165) is 25.9 Å². The monoisotopic (exact) mass is 244 g/mol. The third kappa shape index (κ3) is 5.34. The molecule has 1 aliphatic heterocycles. The highest BCUT2D eigenvalue weighted by molar-refractivity contribution is 5.76. The van der Waals surface area contributed by atoms with Crippen LogP contribution in [0.15, 0.2) is 0 Å². The molecule has 0 aromatic heterocycles. The van der Waals surface area contributed by atoms with Crippen LogP contribution in [0.2, 0.25) is 0 Å². The number of carbonyl (C=O) groups is 1. The molecule has 1 unspecified atom stereocenters. The molecule has 2 amide bonds. The Morgan fingerprint density at radius 2 is 2.29 bits per heavy atom. The van der Waals surface area contributed by atoms with Crippen molar-refractivity contribution in [2.45, 2.75) is 12.8 Å². The van der Waals surface area contributed by atoms with Crippen molar-refractivity contribution in [3.8, 4) is 0 Å². The van der Waals surface area contributed by atoms with Crippen LogP contribution in [0.3, 0.4) is 0 Å². The van der Waals surface area contributed by atoms with Crippen molar-refractivity contribution in [3.63, 3.8) is 0 Å². The second-order valence-electron chi connectivity index (χ2n) is 4.33. The molecular weight excluding hydrogens is 220 g/mol. The molecule has 0 saturated carbocycles. The maximum absolute atomic E-state index is 11.2. The van der Waals surface area contributed by atoms with E-state index in [1.165, 1.54) is 0 Å². The summed E-state index contributed by atoms with van der Waals surface area (Å²) in [6, 6.07) is 0.00658. The van der Waals surface area contributed by atoms with Gasteiger partial charge in [-0.3, -0.25) is 0 Å². The number of urea groups is 1. The Kier molecular flexibility index (Phi) is 6.91. The molecule has 6 nitrogen and oxygen atoms in total. The molecule has 0 radical (unpaired) electrons. The van der Waals surface area contributed by atoms with E-state index in [2.05, 4.69) is 5.32 Å². The van der Waals surface area contributed by atoms with Crippen LogP contribution >= 0.6 is 0 Å². The maximum Gasteiger partial charge on any atom is 0.317 e. The fourth-order valence-corrected chi connectivity index (χ4v) is 1.82. The third-order valence-corrected chi connectivity index (χ3v) is 2.95. The predicted molar refractivity (Wildman–Crippen MR) is 66.6 cm³/mol. The van der Waals surface area contributed by atoms with E-state index in [9.17, 15) is 4.79 Å². The average Bonchev–Trinajstić information content (AvgIpc) is 2.74. The predicted octanol–water partition coefficient (Wildman–Crippen LogP) is -0.658. The molecule has 0 aliphatic carbocycles. The van der Waals surface area contributed by atoms with Crippen molar-refractivity contribution in [1.29, 1.82) is 0 Å². The summed E-state index contributed by atoms with van der Waals surface area (Å²) in [5.41, 5.74) is 11.1. The van der Waals surface area contributed by atoms with Crippen LogP contribution < -0.4 is 16.8 Å². The summed E-state index contributed by atoms with van der Waals surface area (Å²) in [5, 5.41) is 2.76. The molecule has 5 N–H and O–H groups in total. The van der Waals surface area contributed by atoms with E-state index in [1.54, 1.807) is 4.90 Å². The first-order chi connectivity index (χ1) is 8.27. The van der Waals surface area contributed by atoms with E-state index in [0.29, 0.717) is 38.8 Å². The highest BCUT2D eigenvalue weighted by Crippen LogP contribution is 2.05. The van der Waals surface area contributed by atoms with Crippen LogP contribution in [0.1, 0.15) is 12.8 Å². The molecule has 0 bridgehead atoms. The van der Waals surface area contributed by atoms with Crippen molar-refractivity contribution in [2.24, 2.45) is 17.4 Å². The molecular formula is C11H24N4O2. The highest BCUT2D eigenvalue weighted by Gasteiger charge is 2.18. The number of hydrogen-bond acceptors (Lipinski definition) is 4. The summed E-state index contributed by atoms with van der Waals surface area (Å²) in [6.45, 7) is 4.73. The van der Waals surface area contributed by atoms with Gasteiger partial charge in [-0.15, -0.1) is 0 Å². The fraction of sp³-hybridized carbons (Fsp3) is 0.909. The minimum absolute atomic E-state index is 0.00658. The number of amides is 2. The van der Waals surface area contributed by atoms with Gasteiger partial charge in [-0.25, -0.2) is 4.79 Å². The molecule has 1 saturated heterocycles. The summed E-state index contributed by atoms with van der Waals surface area (Å²) < 4.78 is 5.55. The Balaban J connectivity index is 2.03. The van der Waals surface area contributed by atoms with Gasteiger partial charge in [0.25, 0.3) is 0 Å². The normalized spacial score (nSPS) is 17.3. The van der Waals surface area contributed by atoms with Crippen LogP contribution in [0.5, 0.6) is 0 Å². The lowest BCUT2D eigenvalue weighted by Crippen LogP contribution is -2.32. The van der Waals surface area contributed by atoms with Gasteiger partial charge in [0, 0.05) is 19.6 Å². The Morgan fingerprint density at radius 1 is 1.47 bits per heavy atom. The average molecular weight is 244 g/mol. The Hall–Kier alpha value is -0.850. The van der Waals surface area contributed by atoms with Crippen molar-refractivity contribution in [1.82, 2.24) is 10.2 Å². The largest absolute Gasteiger partial charge is 0.379 e. The van der Waals surface area contributed by atoms with Gasteiger partial charge < -0.3 is 26.4 Å². The lowest BCUT2D eigenvalue weighted by molar-refractivity contribution is 0.0860. The van der Waals surface area contributed by atoms with E-state index in [1.807, 2.05) is 0 Å². The molecule has 0 aromatic rings. The first-order valence-electron chi connectivity index (χ1n) is 6.28. The quantitative estimate of drug-likeness (QED) is 0.469. The van der Waals surface area contributed by atoms with Gasteiger partial charge in [-0.2, -0.15) is 0 Å². The van der Waals surface area contributed by atoms with Gasteiger partial charge in [0.05, 0.1) is 13.2 Å².